The van der Waals surface area contributed by atoms with Crippen molar-refractivity contribution in [1.29, 1.82) is 0 Å². The smallest absolute Gasteiger partial charge is 0.172 e. The van der Waals surface area contributed by atoms with E-state index in [1.54, 1.807) is 7.11 Å². The number of nitrogens with one attached hydrogen (secondary N) is 1. The van der Waals surface area contributed by atoms with Gasteiger partial charge in [-0.15, -0.1) is 0 Å². The summed E-state index contributed by atoms with van der Waals surface area (Å²) in [5, 5.41) is 13.4. The molecule has 2 aliphatic rings. The Hall–Kier alpha value is -0.780. The van der Waals surface area contributed by atoms with Crippen molar-refractivity contribution in [3.05, 3.63) is 22.2 Å². The maximum atomic E-state index is 9.81. The molecule has 20 heavy (non-hydrogen) atoms. The normalized spacial score (nSPS) is 23.2. The van der Waals surface area contributed by atoms with E-state index < -0.39 is 0 Å². The molecule has 0 amide bonds. The van der Waals surface area contributed by atoms with Gasteiger partial charge in [-0.2, -0.15) is 0 Å². The first-order valence-corrected chi connectivity index (χ1v) is 7.99. The van der Waals surface area contributed by atoms with Crippen molar-refractivity contribution in [3.63, 3.8) is 0 Å². The van der Waals surface area contributed by atoms with Gasteiger partial charge < -0.3 is 15.2 Å². The van der Waals surface area contributed by atoms with E-state index in [0.29, 0.717) is 16.3 Å². The average molecular weight is 341 g/mol. The van der Waals surface area contributed by atoms with Crippen LogP contribution in [0.1, 0.15) is 24.8 Å². The maximum absolute atomic E-state index is 9.81. The number of hydrogen-bond acceptors (Lipinski definition) is 4. The molecule has 0 spiro atoms. The summed E-state index contributed by atoms with van der Waals surface area (Å²) < 4.78 is 5.86. The van der Waals surface area contributed by atoms with Crippen LogP contribution in [-0.2, 0) is 6.54 Å². The second-order valence-corrected chi connectivity index (χ2v) is 6.58. The summed E-state index contributed by atoms with van der Waals surface area (Å²) in [6.45, 7) is 3.20. The lowest BCUT2D eigenvalue weighted by Crippen LogP contribution is -2.32. The molecule has 0 aromatic heterocycles. The van der Waals surface area contributed by atoms with Gasteiger partial charge in [-0.05, 0) is 52.9 Å². The first-order chi connectivity index (χ1) is 9.67. The summed E-state index contributed by atoms with van der Waals surface area (Å²) in [5.41, 5.74) is 1.12. The Kier molecular flexibility index (Phi) is 4.19. The Balaban J connectivity index is 1.57. The monoisotopic (exact) mass is 340 g/mol. The third-order valence-corrected chi connectivity index (χ3v) is 4.79. The second-order valence-electron chi connectivity index (χ2n) is 5.72. The van der Waals surface area contributed by atoms with Crippen LogP contribution in [0.4, 0.5) is 0 Å². The van der Waals surface area contributed by atoms with Crippen LogP contribution in [0.5, 0.6) is 11.5 Å². The van der Waals surface area contributed by atoms with Gasteiger partial charge in [0.15, 0.2) is 11.5 Å². The van der Waals surface area contributed by atoms with Crippen LogP contribution in [0.25, 0.3) is 0 Å². The predicted octanol–water partition coefficient (Wildman–Crippen LogP) is 2.49. The summed E-state index contributed by atoms with van der Waals surface area (Å²) in [4.78, 5) is 2.60. The minimum absolute atomic E-state index is 0.164. The van der Waals surface area contributed by atoms with Crippen molar-refractivity contribution in [3.8, 4) is 11.5 Å². The zero-order valence-electron chi connectivity index (χ0n) is 11.7. The fraction of sp³-hybridized carbons (Fsp3) is 0.600. The highest BCUT2D eigenvalue weighted by atomic mass is 79.9. The number of hydrogen-bond donors (Lipinski definition) is 2. The molecule has 1 aromatic rings. The molecule has 0 bridgehead atoms. The predicted molar refractivity (Wildman–Crippen MR) is 82.2 cm³/mol. The minimum atomic E-state index is 0.164. The maximum Gasteiger partial charge on any atom is 0.172 e. The molecule has 2 N–H and O–H groups in total. The quantitative estimate of drug-likeness (QED) is 0.864. The third kappa shape index (κ3) is 3.10. The van der Waals surface area contributed by atoms with Crippen molar-refractivity contribution >= 4 is 15.9 Å². The highest BCUT2D eigenvalue weighted by molar-refractivity contribution is 9.10. The molecule has 3 rings (SSSR count). The van der Waals surface area contributed by atoms with Gasteiger partial charge in [-0.25, -0.2) is 0 Å². The minimum Gasteiger partial charge on any atom is -0.503 e. The molecule has 1 aliphatic carbocycles. The van der Waals surface area contributed by atoms with Gasteiger partial charge in [-0.3, -0.25) is 4.90 Å². The van der Waals surface area contributed by atoms with Gasteiger partial charge in [0.2, 0.25) is 0 Å². The first kappa shape index (κ1) is 14.2. The topological polar surface area (TPSA) is 44.7 Å². The van der Waals surface area contributed by atoms with Crippen LogP contribution in [0.2, 0.25) is 0 Å². The van der Waals surface area contributed by atoms with Crippen molar-refractivity contribution in [2.45, 2.75) is 37.9 Å². The van der Waals surface area contributed by atoms with E-state index in [4.69, 9.17) is 4.74 Å². The van der Waals surface area contributed by atoms with Crippen LogP contribution in [-0.4, -0.2) is 42.3 Å². The summed E-state index contributed by atoms with van der Waals surface area (Å²) in [5.74, 6) is 0.680. The van der Waals surface area contributed by atoms with Gasteiger partial charge in [0, 0.05) is 31.7 Å². The fourth-order valence-corrected chi connectivity index (χ4v) is 3.36. The summed E-state index contributed by atoms with van der Waals surface area (Å²) >= 11 is 3.36. The Bertz CT molecular complexity index is 491. The molecule has 0 radical (unpaired) electrons. The number of aromatic hydroxyl groups is 1. The van der Waals surface area contributed by atoms with E-state index in [9.17, 15) is 5.11 Å². The Labute approximate surface area is 128 Å². The number of phenolic OH excluding ortho intramolecular Hbond substituents is 1. The highest BCUT2D eigenvalue weighted by Gasteiger charge is 2.34. The number of phenols is 1. The number of rotatable bonds is 5. The molecule has 1 aliphatic heterocycles. The van der Waals surface area contributed by atoms with Crippen LogP contribution in [0, 0.1) is 0 Å². The van der Waals surface area contributed by atoms with Crippen molar-refractivity contribution in [2.75, 3.05) is 20.2 Å². The number of halogens is 1. The molecular weight excluding hydrogens is 320 g/mol. The Morgan fingerprint density at radius 1 is 1.40 bits per heavy atom. The molecule has 1 saturated carbocycles. The number of nitrogens with zero attached hydrogens (tertiary/aromatic N) is 1. The van der Waals surface area contributed by atoms with Gasteiger partial charge in [0.05, 0.1) is 11.6 Å². The third-order valence-electron chi connectivity index (χ3n) is 4.19. The average Bonchev–Trinajstić information content (AvgIpc) is 3.19. The number of likely N-dealkylation sites (tertiary alicyclic amines) is 1. The highest BCUT2D eigenvalue weighted by Crippen LogP contribution is 2.35. The van der Waals surface area contributed by atoms with Crippen LogP contribution >= 0.6 is 15.9 Å². The zero-order valence-corrected chi connectivity index (χ0v) is 13.3. The second kappa shape index (κ2) is 5.92. The molecule has 2 fully saturated rings. The fourth-order valence-electron chi connectivity index (χ4n) is 2.87. The number of methoxy groups -OCH3 is 1. The Morgan fingerprint density at radius 3 is 2.90 bits per heavy atom. The van der Waals surface area contributed by atoms with Crippen LogP contribution in [0.15, 0.2) is 16.6 Å². The molecular formula is C15H21BrN2O2. The molecule has 4 nitrogen and oxygen atoms in total. The number of benzene rings is 1. The summed E-state index contributed by atoms with van der Waals surface area (Å²) in [7, 11) is 1.57. The van der Waals surface area contributed by atoms with Crippen LogP contribution in [0.3, 0.4) is 0 Å². The molecule has 1 aromatic carbocycles. The Morgan fingerprint density at radius 2 is 2.20 bits per heavy atom. The molecule has 1 saturated heterocycles. The van der Waals surface area contributed by atoms with E-state index in [1.807, 2.05) is 12.1 Å². The molecule has 1 heterocycles. The van der Waals surface area contributed by atoms with Crippen molar-refractivity contribution in [1.82, 2.24) is 10.2 Å². The summed E-state index contributed by atoms with van der Waals surface area (Å²) in [6, 6.07) is 5.28. The standard InChI is InChI=1S/C15H21BrN2O2/c1-20-14-7-10(6-13(16)15(14)19)8-17-11-4-5-18(9-11)12-2-3-12/h6-7,11-12,17,19H,2-5,8-9H2,1H3. The number of ether oxygens (including phenoxy) is 1. The lowest BCUT2D eigenvalue weighted by molar-refractivity contribution is 0.317. The zero-order chi connectivity index (χ0) is 14.1. The van der Waals surface area contributed by atoms with E-state index in [0.717, 1.165) is 18.2 Å². The van der Waals surface area contributed by atoms with Crippen molar-refractivity contribution in [2.24, 2.45) is 0 Å². The van der Waals surface area contributed by atoms with E-state index in [-0.39, 0.29) is 5.75 Å². The van der Waals surface area contributed by atoms with Gasteiger partial charge in [-0.1, -0.05) is 0 Å². The lowest BCUT2D eigenvalue weighted by atomic mass is 10.2. The van der Waals surface area contributed by atoms with Gasteiger partial charge >= 0.3 is 0 Å². The molecule has 1 atom stereocenters. The van der Waals surface area contributed by atoms with Gasteiger partial charge in [0.1, 0.15) is 0 Å². The molecule has 1 unspecified atom stereocenters. The van der Waals surface area contributed by atoms with Crippen LogP contribution < -0.4 is 10.1 Å². The van der Waals surface area contributed by atoms with Crippen molar-refractivity contribution < 1.29 is 9.84 Å². The van der Waals surface area contributed by atoms with E-state index in [2.05, 4.69) is 26.1 Å². The largest absolute Gasteiger partial charge is 0.503 e. The summed E-state index contributed by atoms with van der Waals surface area (Å²) in [6.07, 6.45) is 4.00. The van der Waals surface area contributed by atoms with E-state index in [1.165, 1.54) is 32.4 Å². The van der Waals surface area contributed by atoms with E-state index >= 15 is 0 Å². The van der Waals surface area contributed by atoms with Gasteiger partial charge in [0.25, 0.3) is 0 Å². The molecule has 5 heteroatoms. The first-order valence-electron chi connectivity index (χ1n) is 7.20. The lowest BCUT2D eigenvalue weighted by Gasteiger charge is -2.16. The SMILES string of the molecule is COc1cc(CNC2CCN(C3CC3)C2)cc(Br)c1O. The molecule has 110 valence electrons.